The summed E-state index contributed by atoms with van der Waals surface area (Å²) in [6.07, 6.45) is 8.22. The minimum absolute atomic E-state index is 0.00451. The van der Waals surface area contributed by atoms with Crippen LogP contribution in [0.25, 0.3) is 0 Å². The van der Waals surface area contributed by atoms with Crippen molar-refractivity contribution in [1.82, 2.24) is 30.5 Å². The number of unbranched alkanes of at least 4 members (excludes halogenated alkanes) is 2. The molecule has 3 amide bonds. The standard InChI is InChI=1S/C43H54N6O9/c50-38(45-32-18-9-11-20-36(32)56-28-30-14-4-1-5-15-30)27-48-35(43(55)46-33-19-10-12-21-37(33)57-29-31-16-6-2-7-17-31)26-34(47-48)42(54)44-25-13-3-8-22-41(53)58-49-39(51)23-24-40(49)52/h1-2,4-7,14-17,23-24,26,32-33,36-37,51-52H,3,8-13,18-22,25,27-29H2,(H,44,54)(H,45,50)(H,46,55)/t32-,33-,36-,37-/m0/s1. The van der Waals surface area contributed by atoms with Gasteiger partial charge >= 0.3 is 5.97 Å². The molecular weight excluding hydrogens is 745 g/mol. The van der Waals surface area contributed by atoms with E-state index in [1.54, 1.807) is 0 Å². The van der Waals surface area contributed by atoms with Crippen molar-refractivity contribution in [2.24, 2.45) is 0 Å². The molecule has 310 valence electrons. The molecule has 0 spiro atoms. The van der Waals surface area contributed by atoms with Crippen LogP contribution in [0, 0.1) is 0 Å². The van der Waals surface area contributed by atoms with Crippen LogP contribution < -0.4 is 20.8 Å². The molecule has 4 aromatic rings. The van der Waals surface area contributed by atoms with E-state index in [2.05, 4.69) is 21.0 Å². The van der Waals surface area contributed by atoms with Crippen LogP contribution in [-0.2, 0) is 38.8 Å². The van der Waals surface area contributed by atoms with Gasteiger partial charge in [0.1, 0.15) is 12.2 Å². The summed E-state index contributed by atoms with van der Waals surface area (Å²) in [5.74, 6) is -2.72. The topological polar surface area (TPSA) is 195 Å². The van der Waals surface area contributed by atoms with Gasteiger partial charge in [-0.1, -0.05) is 92.8 Å². The molecule has 58 heavy (non-hydrogen) atoms. The molecule has 5 N–H and O–H groups in total. The van der Waals surface area contributed by atoms with Crippen LogP contribution in [0.5, 0.6) is 11.8 Å². The second-order valence-corrected chi connectivity index (χ2v) is 14.9. The highest BCUT2D eigenvalue weighted by molar-refractivity contribution is 5.98. The predicted octanol–water partition coefficient (Wildman–Crippen LogP) is 4.94. The van der Waals surface area contributed by atoms with Crippen LogP contribution in [0.2, 0.25) is 0 Å². The van der Waals surface area contributed by atoms with Crippen molar-refractivity contribution >= 4 is 23.7 Å². The van der Waals surface area contributed by atoms with Crippen LogP contribution in [0.3, 0.4) is 0 Å². The molecular formula is C43H54N6O9. The minimum atomic E-state index is -0.632. The molecule has 2 aromatic carbocycles. The molecule has 0 saturated heterocycles. The Hall–Kier alpha value is -5.67. The van der Waals surface area contributed by atoms with Crippen LogP contribution in [0.15, 0.2) is 78.9 Å². The van der Waals surface area contributed by atoms with Gasteiger partial charge in [0.25, 0.3) is 11.8 Å². The molecule has 2 fully saturated rings. The average molecular weight is 799 g/mol. The van der Waals surface area contributed by atoms with Gasteiger partial charge in [0.05, 0.1) is 37.5 Å². The van der Waals surface area contributed by atoms with Crippen molar-refractivity contribution in [3.8, 4) is 11.8 Å². The smallest absolute Gasteiger partial charge is 0.333 e. The van der Waals surface area contributed by atoms with E-state index in [4.69, 9.17) is 14.3 Å². The highest BCUT2D eigenvalue weighted by atomic mass is 16.7. The number of aromatic hydroxyl groups is 2. The number of rotatable bonds is 19. The zero-order valence-corrected chi connectivity index (χ0v) is 32.7. The number of aromatic nitrogens is 3. The van der Waals surface area contributed by atoms with Crippen LogP contribution >= 0.6 is 0 Å². The molecule has 2 saturated carbocycles. The Kier molecular flexibility index (Phi) is 15.3. The third-order valence-corrected chi connectivity index (χ3v) is 10.6. The average Bonchev–Trinajstić information content (AvgIpc) is 3.80. The van der Waals surface area contributed by atoms with Gasteiger partial charge in [0.2, 0.25) is 17.7 Å². The van der Waals surface area contributed by atoms with Crippen molar-refractivity contribution < 1.29 is 43.7 Å². The van der Waals surface area contributed by atoms with Gasteiger partial charge in [-0.25, -0.2) is 9.48 Å². The first-order valence-electron chi connectivity index (χ1n) is 20.3. The summed E-state index contributed by atoms with van der Waals surface area (Å²) in [5, 5.41) is 32.8. The summed E-state index contributed by atoms with van der Waals surface area (Å²) in [6.45, 7) is 0.862. The summed E-state index contributed by atoms with van der Waals surface area (Å²) < 4.78 is 14.5. The molecule has 4 atom stereocenters. The Bertz CT molecular complexity index is 1930. The Morgan fingerprint density at radius 1 is 0.690 bits per heavy atom. The Morgan fingerprint density at radius 3 is 1.86 bits per heavy atom. The largest absolute Gasteiger partial charge is 0.492 e. The van der Waals surface area contributed by atoms with Gasteiger partial charge in [-0.3, -0.25) is 14.4 Å². The van der Waals surface area contributed by atoms with E-state index in [1.807, 2.05) is 60.7 Å². The van der Waals surface area contributed by atoms with Gasteiger partial charge in [0.15, 0.2) is 5.69 Å². The predicted molar refractivity (Wildman–Crippen MR) is 213 cm³/mol. The molecule has 15 nitrogen and oxygen atoms in total. The summed E-state index contributed by atoms with van der Waals surface area (Å²) in [6, 6.07) is 23.1. The summed E-state index contributed by atoms with van der Waals surface area (Å²) in [5.41, 5.74) is 2.18. The zero-order valence-electron chi connectivity index (χ0n) is 32.7. The second-order valence-electron chi connectivity index (χ2n) is 14.9. The highest BCUT2D eigenvalue weighted by Gasteiger charge is 2.31. The quantitative estimate of drug-likeness (QED) is 0.0811. The SMILES string of the molecule is O=C(Cn1nc(C(=O)NCCCCCC(=O)On2c(O)ccc2O)cc1C(=O)N[C@H]1CCCC[C@@H]1OCc1ccccc1)N[C@H]1CCCC[C@@H]1OCc1ccccc1. The van der Waals surface area contributed by atoms with E-state index < -0.39 is 29.5 Å². The first-order chi connectivity index (χ1) is 28.2. The number of hydrogen-bond acceptors (Lipinski definition) is 10. The molecule has 0 bridgehead atoms. The van der Waals surface area contributed by atoms with Crippen LogP contribution in [0.1, 0.15) is 109 Å². The van der Waals surface area contributed by atoms with Crippen LogP contribution in [-0.4, -0.2) is 79.3 Å². The molecule has 2 aliphatic carbocycles. The van der Waals surface area contributed by atoms with Gasteiger partial charge in [0, 0.05) is 31.2 Å². The maximum atomic E-state index is 14.0. The number of carbonyl (C=O) groups is 4. The van der Waals surface area contributed by atoms with Crippen molar-refractivity contribution in [2.75, 3.05) is 6.54 Å². The van der Waals surface area contributed by atoms with Crippen molar-refractivity contribution in [3.05, 3.63) is 101 Å². The van der Waals surface area contributed by atoms with Gasteiger partial charge in [-0.05, 0) is 49.7 Å². The van der Waals surface area contributed by atoms with E-state index in [9.17, 15) is 29.4 Å². The second kappa shape index (κ2) is 21.2. The lowest BCUT2D eigenvalue weighted by molar-refractivity contribution is -0.145. The molecule has 2 aromatic heterocycles. The summed E-state index contributed by atoms with van der Waals surface area (Å²) in [4.78, 5) is 58.0. The Morgan fingerprint density at radius 2 is 1.26 bits per heavy atom. The maximum absolute atomic E-state index is 14.0. The Labute approximate surface area is 338 Å². The zero-order chi connectivity index (χ0) is 40.7. The van der Waals surface area contributed by atoms with Crippen molar-refractivity contribution in [1.29, 1.82) is 0 Å². The molecule has 0 radical (unpaired) electrons. The van der Waals surface area contributed by atoms with E-state index in [0.717, 1.165) is 62.5 Å². The Balaban J connectivity index is 1.07. The normalized spacial score (nSPS) is 19.2. The van der Waals surface area contributed by atoms with Gasteiger partial charge in [-0.2, -0.15) is 5.10 Å². The van der Waals surface area contributed by atoms with Gasteiger partial charge < -0.3 is 40.5 Å². The fourth-order valence-corrected chi connectivity index (χ4v) is 7.45. The summed E-state index contributed by atoms with van der Waals surface area (Å²) in [7, 11) is 0. The third-order valence-electron chi connectivity index (χ3n) is 10.6. The first-order valence-corrected chi connectivity index (χ1v) is 20.3. The number of benzene rings is 2. The minimum Gasteiger partial charge on any atom is -0.492 e. The summed E-state index contributed by atoms with van der Waals surface area (Å²) >= 11 is 0. The molecule has 15 heteroatoms. The number of ether oxygens (including phenoxy) is 2. The molecule has 6 rings (SSSR count). The van der Waals surface area contributed by atoms with Gasteiger partial charge in [-0.15, -0.1) is 4.73 Å². The highest BCUT2D eigenvalue weighted by Crippen LogP contribution is 2.25. The van der Waals surface area contributed by atoms with Crippen molar-refractivity contribution in [2.45, 2.75) is 121 Å². The first kappa shape index (κ1) is 41.9. The molecule has 0 unspecified atom stereocenters. The molecule has 2 heterocycles. The van der Waals surface area contributed by atoms with Crippen molar-refractivity contribution in [3.63, 3.8) is 0 Å². The monoisotopic (exact) mass is 798 g/mol. The van der Waals surface area contributed by atoms with Crippen LogP contribution in [0.4, 0.5) is 0 Å². The third kappa shape index (κ3) is 12.2. The fraction of sp³-hybridized carbons (Fsp3) is 0.465. The lowest BCUT2D eigenvalue weighted by Gasteiger charge is -2.32. The fourth-order valence-electron chi connectivity index (χ4n) is 7.45. The van der Waals surface area contributed by atoms with E-state index in [-0.39, 0.29) is 61.1 Å². The molecule has 0 aliphatic heterocycles. The lowest BCUT2D eigenvalue weighted by Crippen LogP contribution is -2.48. The number of carbonyl (C=O) groups excluding carboxylic acids is 4. The maximum Gasteiger partial charge on any atom is 0.333 e. The number of nitrogens with zero attached hydrogens (tertiary/aromatic N) is 3. The van der Waals surface area contributed by atoms with E-state index >= 15 is 0 Å². The van der Waals surface area contributed by atoms with E-state index in [0.29, 0.717) is 37.2 Å². The number of hydrogen-bond donors (Lipinski definition) is 5. The lowest BCUT2D eigenvalue weighted by atomic mass is 9.92. The number of amides is 3. The van der Waals surface area contributed by atoms with E-state index in [1.165, 1.54) is 22.9 Å². The number of nitrogens with one attached hydrogen (secondary N) is 3. The molecule has 2 aliphatic rings.